The van der Waals surface area contributed by atoms with Crippen molar-refractivity contribution in [3.05, 3.63) is 93.4 Å². The Labute approximate surface area is 238 Å². The van der Waals surface area contributed by atoms with Gasteiger partial charge >= 0.3 is 0 Å². The zero-order valence-corrected chi connectivity index (χ0v) is 24.8. The Morgan fingerprint density at radius 1 is 0.974 bits per heavy atom. The van der Waals surface area contributed by atoms with E-state index in [0.29, 0.717) is 16.3 Å². The number of sulfonamides is 1. The topological polar surface area (TPSA) is 86.8 Å². The molecule has 0 bridgehead atoms. The van der Waals surface area contributed by atoms with Crippen molar-refractivity contribution in [3.8, 4) is 0 Å². The van der Waals surface area contributed by atoms with E-state index in [1.807, 2.05) is 20.8 Å². The fraction of sp³-hybridized carbons (Fsp3) is 0.286. The number of hydrogen-bond donors (Lipinski definition) is 1. The Morgan fingerprint density at radius 3 is 2.18 bits per heavy atom. The smallest absolute Gasteiger partial charge is 0.264 e. The summed E-state index contributed by atoms with van der Waals surface area (Å²) in [6, 6.07) is 19.1. The minimum Gasteiger partial charge on any atom is -0.352 e. The molecule has 0 aliphatic rings. The highest BCUT2D eigenvalue weighted by Crippen LogP contribution is 2.26. The first-order chi connectivity index (χ1) is 17.9. The van der Waals surface area contributed by atoms with E-state index < -0.39 is 28.5 Å². The highest BCUT2D eigenvalue weighted by molar-refractivity contribution is 9.10. The summed E-state index contributed by atoms with van der Waals surface area (Å²) in [6.07, 6.45) is 0. The number of nitrogens with one attached hydrogen (secondary N) is 1. The monoisotopic (exact) mass is 619 g/mol. The number of carbonyl (C=O) groups is 2. The summed E-state index contributed by atoms with van der Waals surface area (Å²) in [6.45, 7) is 6.72. The molecule has 0 aliphatic heterocycles. The van der Waals surface area contributed by atoms with E-state index in [9.17, 15) is 18.0 Å². The van der Waals surface area contributed by atoms with Gasteiger partial charge in [-0.3, -0.25) is 13.9 Å². The minimum absolute atomic E-state index is 0.0609. The van der Waals surface area contributed by atoms with Crippen molar-refractivity contribution in [3.63, 3.8) is 0 Å². The average molecular weight is 621 g/mol. The Hall–Kier alpha value is -2.88. The summed E-state index contributed by atoms with van der Waals surface area (Å²) < 4.78 is 29.4. The van der Waals surface area contributed by atoms with Gasteiger partial charge < -0.3 is 10.2 Å². The zero-order chi connectivity index (χ0) is 28.0. The van der Waals surface area contributed by atoms with Gasteiger partial charge in [0.2, 0.25) is 11.8 Å². The second-order valence-electron chi connectivity index (χ2n) is 9.29. The Morgan fingerprint density at radius 2 is 1.61 bits per heavy atom. The molecule has 7 nitrogen and oxygen atoms in total. The van der Waals surface area contributed by atoms with Gasteiger partial charge in [0.1, 0.15) is 12.6 Å². The summed E-state index contributed by atoms with van der Waals surface area (Å²) >= 11 is 9.53. The second-order valence-corrected chi connectivity index (χ2v) is 12.5. The van der Waals surface area contributed by atoms with Crippen LogP contribution in [0.5, 0.6) is 0 Å². The number of carbonyl (C=O) groups excluding carboxylic acids is 2. The van der Waals surface area contributed by atoms with E-state index in [1.165, 1.54) is 17.0 Å². The molecule has 0 aliphatic carbocycles. The third-order valence-electron chi connectivity index (χ3n) is 5.84. The third kappa shape index (κ3) is 7.58. The maximum absolute atomic E-state index is 13.8. The SMILES string of the molecule is Cc1ccc(S(=O)(=O)N(CC(=O)N(Cc2cccc(Cl)c2)[C@@H](C)C(=O)NC(C)C)c2ccc(Br)cc2)cc1. The van der Waals surface area contributed by atoms with Crippen LogP contribution < -0.4 is 9.62 Å². The number of rotatable bonds is 10. The van der Waals surface area contributed by atoms with Crippen molar-refractivity contribution in [2.75, 3.05) is 10.8 Å². The molecule has 0 unspecified atom stereocenters. The lowest BCUT2D eigenvalue weighted by atomic mass is 10.1. The average Bonchev–Trinajstić information content (AvgIpc) is 2.86. The molecule has 202 valence electrons. The Bertz CT molecular complexity index is 1380. The molecule has 2 amide bonds. The lowest BCUT2D eigenvalue weighted by Gasteiger charge is -2.32. The van der Waals surface area contributed by atoms with Crippen molar-refractivity contribution in [2.45, 2.75) is 51.2 Å². The molecule has 3 aromatic rings. The minimum atomic E-state index is -4.11. The van der Waals surface area contributed by atoms with Gasteiger partial charge in [-0.2, -0.15) is 0 Å². The fourth-order valence-electron chi connectivity index (χ4n) is 3.79. The number of nitrogens with zero attached hydrogens (tertiary/aromatic N) is 2. The molecular formula is C28H31BrClN3O4S. The normalized spacial score (nSPS) is 12.2. The van der Waals surface area contributed by atoms with Gasteiger partial charge in [-0.05, 0) is 81.8 Å². The fourth-order valence-corrected chi connectivity index (χ4v) is 5.68. The molecule has 3 rings (SSSR count). The predicted molar refractivity (Wildman–Crippen MR) is 155 cm³/mol. The second kappa shape index (κ2) is 12.8. The predicted octanol–water partition coefficient (Wildman–Crippen LogP) is 5.55. The van der Waals surface area contributed by atoms with E-state index >= 15 is 0 Å². The van der Waals surface area contributed by atoms with Crippen LogP contribution in [0.1, 0.15) is 31.9 Å². The van der Waals surface area contributed by atoms with Crippen LogP contribution in [0, 0.1) is 6.92 Å². The van der Waals surface area contributed by atoms with Crippen LogP contribution in [0.3, 0.4) is 0 Å². The van der Waals surface area contributed by atoms with Crippen molar-refractivity contribution in [1.82, 2.24) is 10.2 Å². The lowest BCUT2D eigenvalue weighted by molar-refractivity contribution is -0.139. The van der Waals surface area contributed by atoms with Crippen LogP contribution >= 0.6 is 27.5 Å². The number of amides is 2. The summed E-state index contributed by atoms with van der Waals surface area (Å²) in [5.41, 5.74) is 1.95. The van der Waals surface area contributed by atoms with Gasteiger partial charge in [0.15, 0.2) is 0 Å². The molecule has 38 heavy (non-hydrogen) atoms. The number of halogens is 2. The van der Waals surface area contributed by atoms with Gasteiger partial charge in [0.25, 0.3) is 10.0 Å². The van der Waals surface area contributed by atoms with E-state index in [0.717, 1.165) is 14.3 Å². The zero-order valence-electron chi connectivity index (χ0n) is 21.7. The van der Waals surface area contributed by atoms with Crippen molar-refractivity contribution < 1.29 is 18.0 Å². The molecule has 0 saturated heterocycles. The maximum atomic E-state index is 13.8. The Balaban J connectivity index is 2.02. The van der Waals surface area contributed by atoms with Gasteiger partial charge in [-0.1, -0.05) is 57.4 Å². The van der Waals surface area contributed by atoms with Crippen LogP contribution in [0.2, 0.25) is 5.02 Å². The summed E-state index contributed by atoms with van der Waals surface area (Å²) in [7, 11) is -4.11. The Kier molecular flexibility index (Phi) is 9.98. The van der Waals surface area contributed by atoms with Crippen molar-refractivity contribution >= 4 is 55.1 Å². The third-order valence-corrected chi connectivity index (χ3v) is 8.39. The first-order valence-corrected chi connectivity index (χ1v) is 14.7. The van der Waals surface area contributed by atoms with Crippen LogP contribution in [0.4, 0.5) is 5.69 Å². The lowest BCUT2D eigenvalue weighted by Crippen LogP contribution is -2.52. The van der Waals surface area contributed by atoms with Crippen molar-refractivity contribution in [2.24, 2.45) is 0 Å². The molecule has 1 atom stereocenters. The molecule has 0 radical (unpaired) electrons. The molecule has 0 heterocycles. The maximum Gasteiger partial charge on any atom is 0.264 e. The molecular weight excluding hydrogens is 590 g/mol. The molecule has 10 heteroatoms. The van der Waals surface area contributed by atoms with Gasteiger partial charge in [-0.25, -0.2) is 8.42 Å². The number of aryl methyl sites for hydroxylation is 1. The number of hydrogen-bond acceptors (Lipinski definition) is 4. The highest BCUT2D eigenvalue weighted by atomic mass is 79.9. The molecule has 0 saturated carbocycles. The van der Waals surface area contributed by atoms with Crippen LogP contribution in [-0.2, 0) is 26.2 Å². The first kappa shape index (κ1) is 29.7. The molecule has 0 aromatic heterocycles. The molecule has 1 N–H and O–H groups in total. The van der Waals surface area contributed by atoms with Crippen molar-refractivity contribution in [1.29, 1.82) is 0 Å². The highest BCUT2D eigenvalue weighted by Gasteiger charge is 2.32. The summed E-state index contributed by atoms with van der Waals surface area (Å²) in [5, 5.41) is 3.32. The van der Waals surface area contributed by atoms with Gasteiger partial charge in [0.05, 0.1) is 10.6 Å². The van der Waals surface area contributed by atoms with Crippen LogP contribution in [-0.4, -0.2) is 43.8 Å². The molecule has 0 spiro atoms. The van der Waals surface area contributed by atoms with E-state index in [-0.39, 0.29) is 23.4 Å². The van der Waals surface area contributed by atoms with E-state index in [1.54, 1.807) is 67.6 Å². The molecule has 0 fully saturated rings. The summed E-state index contributed by atoms with van der Waals surface area (Å²) in [4.78, 5) is 28.2. The first-order valence-electron chi connectivity index (χ1n) is 12.1. The molecule has 3 aromatic carbocycles. The van der Waals surface area contributed by atoms with Crippen LogP contribution in [0.15, 0.2) is 82.2 Å². The van der Waals surface area contributed by atoms with Gasteiger partial charge in [0, 0.05) is 22.1 Å². The quantitative estimate of drug-likeness (QED) is 0.322. The van der Waals surface area contributed by atoms with Crippen LogP contribution in [0.25, 0.3) is 0 Å². The summed E-state index contributed by atoms with van der Waals surface area (Å²) in [5.74, 6) is -0.873. The number of anilines is 1. The number of benzene rings is 3. The van der Waals surface area contributed by atoms with Gasteiger partial charge in [-0.15, -0.1) is 0 Å². The van der Waals surface area contributed by atoms with E-state index in [4.69, 9.17) is 11.6 Å². The van der Waals surface area contributed by atoms with E-state index in [2.05, 4.69) is 21.2 Å². The standard InChI is InChI=1S/C28H31BrClN3O4S/c1-19(2)31-28(35)21(4)32(17-22-6-5-7-24(30)16-22)27(34)18-33(25-12-10-23(29)11-13-25)38(36,37)26-14-8-20(3)9-15-26/h5-16,19,21H,17-18H2,1-4H3,(H,31,35)/t21-/m0/s1. The largest absolute Gasteiger partial charge is 0.352 e.